The Labute approximate surface area is 52.0 Å². The Hall–Kier alpha value is -1.38. The maximum Gasteiger partial charge on any atom is 0.182 e. The Morgan fingerprint density at radius 1 is 1.56 bits per heavy atom. The molecule has 0 aromatic carbocycles. The van der Waals surface area contributed by atoms with E-state index in [2.05, 4.69) is 16.3 Å². The maximum atomic E-state index is 3.89. The fraction of sp³-hybridized carbons (Fsp3) is 0. The number of hydrogen-bond donors (Lipinski definition) is 0. The topological polar surface area (TPSA) is 30.2 Å². The van der Waals surface area contributed by atoms with E-state index in [0.717, 1.165) is 5.52 Å². The summed E-state index contributed by atoms with van der Waals surface area (Å²) in [7, 11) is 0. The van der Waals surface area contributed by atoms with Crippen LogP contribution >= 0.6 is 0 Å². The van der Waals surface area contributed by atoms with Crippen LogP contribution in [-0.2, 0) is 0 Å². The van der Waals surface area contributed by atoms with Gasteiger partial charge in [-0.2, -0.15) is 0 Å². The van der Waals surface area contributed by atoms with Gasteiger partial charge in [0, 0.05) is 6.20 Å². The summed E-state index contributed by atoms with van der Waals surface area (Å²) in [4.78, 5) is 7.68. The van der Waals surface area contributed by atoms with Crippen molar-refractivity contribution in [1.82, 2.24) is 14.4 Å². The van der Waals surface area contributed by atoms with Crippen molar-refractivity contribution in [2.45, 2.75) is 0 Å². The summed E-state index contributed by atoms with van der Waals surface area (Å²) in [5, 5.41) is 0. The summed E-state index contributed by atoms with van der Waals surface area (Å²) >= 11 is 0. The normalized spacial score (nSPS) is 10.2. The van der Waals surface area contributed by atoms with Gasteiger partial charge < -0.3 is 0 Å². The summed E-state index contributed by atoms with van der Waals surface area (Å²) in [6, 6.07) is 1.88. The molecule has 9 heavy (non-hydrogen) atoms. The zero-order valence-corrected chi connectivity index (χ0v) is 4.65. The third-order valence-corrected chi connectivity index (χ3v) is 1.15. The van der Waals surface area contributed by atoms with Crippen LogP contribution in [0.3, 0.4) is 0 Å². The molecule has 2 heterocycles. The Balaban J connectivity index is 2.95. The molecule has 0 aliphatic carbocycles. The molecule has 0 aliphatic rings. The van der Waals surface area contributed by atoms with E-state index in [0.29, 0.717) is 0 Å². The monoisotopic (exact) mass is 118 g/mol. The fourth-order valence-corrected chi connectivity index (χ4v) is 0.721. The highest BCUT2D eigenvalue weighted by Gasteiger charge is 1.87. The van der Waals surface area contributed by atoms with Crippen LogP contribution in [0.2, 0.25) is 0 Å². The van der Waals surface area contributed by atoms with Gasteiger partial charge in [0.25, 0.3) is 0 Å². The lowest BCUT2D eigenvalue weighted by Crippen LogP contribution is -1.81. The average molecular weight is 118 g/mol. The molecule has 2 aromatic heterocycles. The molecule has 2 aromatic rings. The standard InChI is InChI=1S/C6H4N3/c1-2-7-4-9-5-8-3-6(1)9/h1-3,5H. The molecule has 0 amide bonds. The summed E-state index contributed by atoms with van der Waals surface area (Å²) in [5.41, 5.74) is 1.02. The fourth-order valence-electron chi connectivity index (χ4n) is 0.721. The van der Waals surface area contributed by atoms with Gasteiger partial charge >= 0.3 is 0 Å². The van der Waals surface area contributed by atoms with E-state index in [9.17, 15) is 0 Å². The average Bonchev–Trinajstić information content (AvgIpc) is 2.33. The van der Waals surface area contributed by atoms with E-state index in [1.807, 2.05) is 6.07 Å². The molecule has 0 aliphatic heterocycles. The molecule has 0 saturated carbocycles. The molecule has 3 heteroatoms. The van der Waals surface area contributed by atoms with Gasteiger partial charge in [-0.25, -0.2) is 9.97 Å². The number of imidazole rings is 1. The molecular weight excluding hydrogens is 114 g/mol. The van der Waals surface area contributed by atoms with Crippen molar-refractivity contribution in [1.29, 1.82) is 0 Å². The largest absolute Gasteiger partial charge is 0.280 e. The third kappa shape index (κ3) is 0.579. The lowest BCUT2D eigenvalue weighted by atomic mass is 10.5. The summed E-state index contributed by atoms with van der Waals surface area (Å²) in [5.74, 6) is 0. The van der Waals surface area contributed by atoms with Gasteiger partial charge in [-0.3, -0.25) is 4.40 Å². The van der Waals surface area contributed by atoms with Crippen molar-refractivity contribution in [3.8, 4) is 0 Å². The molecule has 0 spiro atoms. The summed E-state index contributed by atoms with van der Waals surface area (Å²) in [6.45, 7) is 0. The first-order valence-corrected chi connectivity index (χ1v) is 2.61. The van der Waals surface area contributed by atoms with Gasteiger partial charge in [0.1, 0.15) is 6.33 Å². The van der Waals surface area contributed by atoms with Crippen molar-refractivity contribution in [2.24, 2.45) is 0 Å². The molecule has 0 saturated heterocycles. The highest BCUT2D eigenvalue weighted by molar-refractivity contribution is 5.41. The van der Waals surface area contributed by atoms with Crippen LogP contribution in [0.25, 0.3) is 5.52 Å². The molecule has 0 bridgehead atoms. The zero-order chi connectivity index (χ0) is 6.10. The molecule has 0 N–H and O–H groups in total. The molecule has 1 radical (unpaired) electrons. The first-order chi connectivity index (χ1) is 4.47. The van der Waals surface area contributed by atoms with Crippen LogP contribution in [0.5, 0.6) is 0 Å². The lowest BCUT2D eigenvalue weighted by molar-refractivity contribution is 1.06. The number of aromatic nitrogens is 3. The number of nitrogens with zero attached hydrogens (tertiary/aromatic N) is 3. The molecule has 0 unspecified atom stereocenters. The minimum Gasteiger partial charge on any atom is -0.280 e. The third-order valence-electron chi connectivity index (χ3n) is 1.15. The van der Waals surface area contributed by atoms with E-state index in [4.69, 9.17) is 0 Å². The van der Waals surface area contributed by atoms with Gasteiger partial charge in [-0.15, -0.1) is 0 Å². The van der Waals surface area contributed by atoms with Gasteiger partial charge in [0.15, 0.2) is 6.33 Å². The number of fused-ring (bicyclic) bond motifs is 1. The van der Waals surface area contributed by atoms with Crippen LogP contribution in [0.1, 0.15) is 0 Å². The molecule has 43 valence electrons. The predicted octanol–water partition coefficient (Wildman–Crippen LogP) is 0.529. The highest BCUT2D eigenvalue weighted by atomic mass is 15.0. The Morgan fingerprint density at radius 2 is 2.56 bits per heavy atom. The molecule has 3 nitrogen and oxygen atoms in total. The molecule has 2 rings (SSSR count). The lowest BCUT2D eigenvalue weighted by Gasteiger charge is -1.84. The van der Waals surface area contributed by atoms with Gasteiger partial charge in [-0.1, -0.05) is 0 Å². The van der Waals surface area contributed by atoms with Crippen molar-refractivity contribution < 1.29 is 0 Å². The first kappa shape index (κ1) is 4.49. The number of hydrogen-bond acceptors (Lipinski definition) is 2. The van der Waals surface area contributed by atoms with Crippen LogP contribution in [0.4, 0.5) is 0 Å². The second-order valence-electron chi connectivity index (χ2n) is 1.73. The highest BCUT2D eigenvalue weighted by Crippen LogP contribution is 1.95. The Morgan fingerprint density at radius 3 is 3.44 bits per heavy atom. The molecular formula is C6H4N3. The summed E-state index contributed by atoms with van der Waals surface area (Å²) < 4.78 is 1.74. The second-order valence-corrected chi connectivity index (χ2v) is 1.73. The Kier molecular flexibility index (Phi) is 0.773. The van der Waals surface area contributed by atoms with Gasteiger partial charge in [0.05, 0.1) is 11.7 Å². The minimum atomic E-state index is 1.02. The van der Waals surface area contributed by atoms with E-state index in [1.54, 1.807) is 23.1 Å². The van der Waals surface area contributed by atoms with E-state index < -0.39 is 0 Å². The SMILES string of the molecule is [c]1nccc2cncn12. The van der Waals surface area contributed by atoms with E-state index in [-0.39, 0.29) is 0 Å². The van der Waals surface area contributed by atoms with Crippen LogP contribution < -0.4 is 0 Å². The van der Waals surface area contributed by atoms with Gasteiger partial charge in [-0.05, 0) is 6.07 Å². The van der Waals surface area contributed by atoms with Crippen molar-refractivity contribution >= 4 is 5.52 Å². The predicted molar refractivity (Wildman–Crippen MR) is 31.8 cm³/mol. The molecule has 0 fully saturated rings. The van der Waals surface area contributed by atoms with Crippen LogP contribution in [0, 0.1) is 6.33 Å². The van der Waals surface area contributed by atoms with Crippen LogP contribution in [-0.4, -0.2) is 14.4 Å². The summed E-state index contributed by atoms with van der Waals surface area (Å²) in [6.07, 6.45) is 7.86. The van der Waals surface area contributed by atoms with E-state index >= 15 is 0 Å². The second kappa shape index (κ2) is 1.55. The van der Waals surface area contributed by atoms with Crippen molar-refractivity contribution in [3.05, 3.63) is 31.1 Å². The smallest absolute Gasteiger partial charge is 0.182 e. The zero-order valence-electron chi connectivity index (χ0n) is 4.65. The first-order valence-electron chi connectivity index (χ1n) is 2.61. The van der Waals surface area contributed by atoms with Crippen molar-refractivity contribution in [3.63, 3.8) is 0 Å². The molecule has 0 atom stereocenters. The Bertz CT molecular complexity index is 282. The quantitative estimate of drug-likeness (QED) is 0.505. The van der Waals surface area contributed by atoms with Crippen LogP contribution in [0.15, 0.2) is 24.8 Å². The van der Waals surface area contributed by atoms with E-state index in [1.165, 1.54) is 0 Å². The maximum absolute atomic E-state index is 3.89. The van der Waals surface area contributed by atoms with Crippen molar-refractivity contribution in [2.75, 3.05) is 0 Å². The number of rotatable bonds is 0. The minimum absolute atomic E-state index is 1.02. The van der Waals surface area contributed by atoms with Gasteiger partial charge in [0.2, 0.25) is 0 Å².